The SMILES string of the molecule is CC(=O)N1CCN(C(=O)/C=C/c2ccc(N3CCCC3=O)cc2)CC1. The molecule has 3 amide bonds. The molecule has 1 aromatic rings. The molecule has 1 aromatic carbocycles. The molecule has 3 rings (SSSR count). The molecule has 2 heterocycles. The van der Waals surface area contributed by atoms with Gasteiger partial charge < -0.3 is 14.7 Å². The van der Waals surface area contributed by atoms with Crippen molar-refractivity contribution in [1.29, 1.82) is 0 Å². The summed E-state index contributed by atoms with van der Waals surface area (Å²) in [6.07, 6.45) is 4.88. The van der Waals surface area contributed by atoms with E-state index in [-0.39, 0.29) is 17.7 Å². The molecule has 0 N–H and O–H groups in total. The van der Waals surface area contributed by atoms with Crippen molar-refractivity contribution in [2.24, 2.45) is 0 Å². The van der Waals surface area contributed by atoms with Crippen LogP contribution in [0.25, 0.3) is 6.08 Å². The molecular formula is C19H23N3O3. The molecule has 0 bridgehead atoms. The van der Waals surface area contributed by atoms with Gasteiger partial charge in [-0.3, -0.25) is 14.4 Å². The molecule has 6 nitrogen and oxygen atoms in total. The van der Waals surface area contributed by atoms with E-state index in [0.29, 0.717) is 32.6 Å². The fourth-order valence-electron chi connectivity index (χ4n) is 3.20. The van der Waals surface area contributed by atoms with Gasteiger partial charge in [0.25, 0.3) is 0 Å². The van der Waals surface area contributed by atoms with E-state index in [4.69, 9.17) is 0 Å². The van der Waals surface area contributed by atoms with Crippen LogP contribution in [0.3, 0.4) is 0 Å². The topological polar surface area (TPSA) is 60.9 Å². The molecule has 6 heteroatoms. The van der Waals surface area contributed by atoms with Crippen molar-refractivity contribution >= 4 is 29.5 Å². The van der Waals surface area contributed by atoms with Crippen LogP contribution in [0, 0.1) is 0 Å². The highest BCUT2D eigenvalue weighted by molar-refractivity contribution is 5.95. The third kappa shape index (κ3) is 4.07. The first-order valence-corrected chi connectivity index (χ1v) is 8.67. The monoisotopic (exact) mass is 341 g/mol. The van der Waals surface area contributed by atoms with Crippen LogP contribution in [0.1, 0.15) is 25.3 Å². The molecule has 2 fully saturated rings. The van der Waals surface area contributed by atoms with Crippen LogP contribution in [0.2, 0.25) is 0 Å². The van der Waals surface area contributed by atoms with Crippen molar-refractivity contribution in [3.63, 3.8) is 0 Å². The number of nitrogens with zero attached hydrogens (tertiary/aromatic N) is 3. The quantitative estimate of drug-likeness (QED) is 0.783. The minimum atomic E-state index is -0.0398. The highest BCUT2D eigenvalue weighted by atomic mass is 16.2. The summed E-state index contributed by atoms with van der Waals surface area (Å²) in [6.45, 7) is 4.65. The fraction of sp³-hybridized carbons (Fsp3) is 0.421. The Kier molecular flexibility index (Phi) is 5.16. The van der Waals surface area contributed by atoms with Gasteiger partial charge in [0.1, 0.15) is 0 Å². The van der Waals surface area contributed by atoms with Crippen LogP contribution < -0.4 is 4.90 Å². The van der Waals surface area contributed by atoms with Crippen LogP contribution in [-0.4, -0.2) is 60.2 Å². The van der Waals surface area contributed by atoms with Gasteiger partial charge in [-0.2, -0.15) is 0 Å². The van der Waals surface area contributed by atoms with Crippen LogP contribution in [-0.2, 0) is 14.4 Å². The second-order valence-corrected chi connectivity index (χ2v) is 6.41. The third-order valence-electron chi connectivity index (χ3n) is 4.73. The molecule has 0 aliphatic carbocycles. The minimum Gasteiger partial charge on any atom is -0.339 e. The second-order valence-electron chi connectivity index (χ2n) is 6.41. The number of rotatable bonds is 3. The summed E-state index contributed by atoms with van der Waals surface area (Å²) < 4.78 is 0. The maximum Gasteiger partial charge on any atom is 0.246 e. The van der Waals surface area contributed by atoms with Crippen LogP contribution >= 0.6 is 0 Å². The first-order chi connectivity index (χ1) is 12.0. The van der Waals surface area contributed by atoms with Gasteiger partial charge in [0.2, 0.25) is 17.7 Å². The Balaban J connectivity index is 1.56. The Morgan fingerprint density at radius 1 is 0.960 bits per heavy atom. The smallest absolute Gasteiger partial charge is 0.246 e. The van der Waals surface area contributed by atoms with Gasteiger partial charge >= 0.3 is 0 Å². The van der Waals surface area contributed by atoms with E-state index in [1.807, 2.05) is 24.3 Å². The van der Waals surface area contributed by atoms with Gasteiger partial charge in [0.05, 0.1) is 0 Å². The maximum atomic E-state index is 12.2. The van der Waals surface area contributed by atoms with Gasteiger partial charge in [-0.25, -0.2) is 0 Å². The van der Waals surface area contributed by atoms with Crippen LogP contribution in [0.15, 0.2) is 30.3 Å². The van der Waals surface area contributed by atoms with Gasteiger partial charge in [-0.05, 0) is 30.2 Å². The van der Waals surface area contributed by atoms with Gasteiger partial charge in [-0.1, -0.05) is 12.1 Å². The lowest BCUT2D eigenvalue weighted by Crippen LogP contribution is -2.49. The Morgan fingerprint density at radius 3 is 2.16 bits per heavy atom. The molecule has 0 saturated carbocycles. The lowest BCUT2D eigenvalue weighted by Gasteiger charge is -2.33. The summed E-state index contributed by atoms with van der Waals surface area (Å²) in [5.74, 6) is 0.185. The number of piperazine rings is 1. The zero-order chi connectivity index (χ0) is 17.8. The molecule has 132 valence electrons. The van der Waals surface area contributed by atoms with E-state index < -0.39 is 0 Å². The van der Waals surface area contributed by atoms with Crippen molar-refractivity contribution in [3.05, 3.63) is 35.9 Å². The molecule has 0 unspecified atom stereocenters. The van der Waals surface area contributed by atoms with Gasteiger partial charge in [0, 0.05) is 57.8 Å². The molecule has 2 aliphatic rings. The number of carbonyl (C=O) groups excluding carboxylic acids is 3. The summed E-state index contributed by atoms with van der Waals surface area (Å²) in [7, 11) is 0. The first kappa shape index (κ1) is 17.2. The van der Waals surface area contributed by atoms with Crippen molar-refractivity contribution in [1.82, 2.24) is 9.80 Å². The minimum absolute atomic E-state index is 0.0398. The van der Waals surface area contributed by atoms with Crippen LogP contribution in [0.4, 0.5) is 5.69 Å². The Hall–Kier alpha value is -2.63. The average Bonchev–Trinajstić information content (AvgIpc) is 3.06. The highest BCUT2D eigenvalue weighted by Gasteiger charge is 2.22. The number of hydrogen-bond donors (Lipinski definition) is 0. The lowest BCUT2D eigenvalue weighted by atomic mass is 10.1. The molecule has 0 aromatic heterocycles. The van der Waals surface area contributed by atoms with Gasteiger partial charge in [-0.15, -0.1) is 0 Å². The lowest BCUT2D eigenvalue weighted by molar-refractivity contribution is -0.135. The molecular weight excluding hydrogens is 318 g/mol. The zero-order valence-corrected chi connectivity index (χ0v) is 14.5. The van der Waals surface area contributed by atoms with E-state index >= 15 is 0 Å². The molecule has 0 spiro atoms. The summed E-state index contributed by atoms with van der Waals surface area (Å²) in [5, 5.41) is 0. The summed E-state index contributed by atoms with van der Waals surface area (Å²) >= 11 is 0. The van der Waals surface area contributed by atoms with E-state index in [9.17, 15) is 14.4 Å². The van der Waals surface area contributed by atoms with E-state index in [2.05, 4.69) is 0 Å². The largest absolute Gasteiger partial charge is 0.339 e. The normalized spacial score (nSPS) is 18.3. The number of carbonyl (C=O) groups is 3. The number of benzene rings is 1. The third-order valence-corrected chi connectivity index (χ3v) is 4.73. The zero-order valence-electron chi connectivity index (χ0n) is 14.5. The summed E-state index contributed by atoms with van der Waals surface area (Å²) in [6, 6.07) is 7.66. The standard InChI is InChI=1S/C19H23N3O3/c1-15(23)20-11-13-21(14-12-20)18(24)9-6-16-4-7-17(8-5-16)22-10-2-3-19(22)25/h4-9H,2-3,10-14H2,1H3/b9-6+. The van der Waals surface area contributed by atoms with E-state index in [1.54, 1.807) is 33.8 Å². The van der Waals surface area contributed by atoms with Crippen molar-refractivity contribution < 1.29 is 14.4 Å². The van der Waals surface area contributed by atoms with Gasteiger partial charge in [0.15, 0.2) is 0 Å². The fourth-order valence-corrected chi connectivity index (χ4v) is 3.20. The molecule has 0 atom stereocenters. The Labute approximate surface area is 147 Å². The predicted molar refractivity (Wildman–Crippen MR) is 95.9 cm³/mol. The maximum absolute atomic E-state index is 12.2. The van der Waals surface area contributed by atoms with E-state index in [1.165, 1.54) is 0 Å². The Bertz CT molecular complexity index is 688. The highest BCUT2D eigenvalue weighted by Crippen LogP contribution is 2.21. The first-order valence-electron chi connectivity index (χ1n) is 8.67. The van der Waals surface area contributed by atoms with Crippen molar-refractivity contribution in [2.45, 2.75) is 19.8 Å². The number of anilines is 1. The Morgan fingerprint density at radius 2 is 1.60 bits per heavy atom. The van der Waals surface area contributed by atoms with Crippen LogP contribution in [0.5, 0.6) is 0 Å². The molecule has 2 saturated heterocycles. The molecule has 0 radical (unpaired) electrons. The summed E-state index contributed by atoms with van der Waals surface area (Å²) in [5.41, 5.74) is 1.83. The predicted octanol–water partition coefficient (Wildman–Crippen LogP) is 1.52. The molecule has 25 heavy (non-hydrogen) atoms. The second kappa shape index (κ2) is 7.51. The number of hydrogen-bond acceptors (Lipinski definition) is 3. The number of amides is 3. The molecule has 2 aliphatic heterocycles. The van der Waals surface area contributed by atoms with E-state index in [0.717, 1.165) is 24.2 Å². The van der Waals surface area contributed by atoms with Crippen molar-refractivity contribution in [2.75, 3.05) is 37.6 Å². The average molecular weight is 341 g/mol. The summed E-state index contributed by atoms with van der Waals surface area (Å²) in [4.78, 5) is 40.6. The van der Waals surface area contributed by atoms with Crippen molar-refractivity contribution in [3.8, 4) is 0 Å².